The Morgan fingerprint density at radius 1 is 1.17 bits per heavy atom. The minimum atomic E-state index is -0.0266. The van der Waals surface area contributed by atoms with Crippen molar-refractivity contribution in [3.63, 3.8) is 0 Å². The van der Waals surface area contributed by atoms with E-state index in [1.54, 1.807) is 0 Å². The van der Waals surface area contributed by atoms with Gasteiger partial charge < -0.3 is 15.3 Å². The Labute approximate surface area is 142 Å². The number of rotatable bonds is 7. The summed E-state index contributed by atoms with van der Waals surface area (Å²) < 4.78 is 0. The Hall–Kier alpha value is -0.610. The highest BCUT2D eigenvalue weighted by molar-refractivity contribution is 5.82. The Bertz CT molecular complexity index is 364. The van der Waals surface area contributed by atoms with Gasteiger partial charge in [-0.2, -0.15) is 0 Å². The van der Waals surface area contributed by atoms with Crippen LogP contribution >= 0.6 is 0 Å². The van der Waals surface area contributed by atoms with E-state index in [0.717, 1.165) is 38.3 Å². The molecule has 2 rings (SSSR count). The minimum absolute atomic E-state index is 0.0266. The van der Waals surface area contributed by atoms with Crippen molar-refractivity contribution in [2.75, 3.05) is 19.7 Å². The lowest BCUT2D eigenvalue weighted by molar-refractivity contribution is -0.135. The predicted molar refractivity (Wildman–Crippen MR) is 94.2 cm³/mol. The molecule has 0 bridgehead atoms. The molecule has 2 fully saturated rings. The molecule has 0 radical (unpaired) electrons. The normalized spacial score (nSPS) is 27.6. The Balaban J connectivity index is 1.90. The van der Waals surface area contributed by atoms with Crippen LogP contribution in [0.25, 0.3) is 0 Å². The third kappa shape index (κ3) is 5.46. The van der Waals surface area contributed by atoms with Crippen molar-refractivity contribution in [1.29, 1.82) is 0 Å². The molecule has 1 aliphatic heterocycles. The molecular formula is C19H36N2O2. The molecule has 1 saturated heterocycles. The zero-order valence-electron chi connectivity index (χ0n) is 15.3. The number of amides is 1. The zero-order valence-corrected chi connectivity index (χ0v) is 15.3. The van der Waals surface area contributed by atoms with Gasteiger partial charge in [0.2, 0.25) is 5.91 Å². The van der Waals surface area contributed by atoms with E-state index in [1.165, 1.54) is 25.7 Å². The van der Waals surface area contributed by atoms with Crippen LogP contribution in [-0.2, 0) is 4.79 Å². The topological polar surface area (TPSA) is 52.6 Å². The van der Waals surface area contributed by atoms with E-state index >= 15 is 0 Å². The van der Waals surface area contributed by atoms with Gasteiger partial charge in [-0.15, -0.1) is 0 Å². The summed E-state index contributed by atoms with van der Waals surface area (Å²) in [5, 5.41) is 13.0. The quantitative estimate of drug-likeness (QED) is 0.757. The summed E-state index contributed by atoms with van der Waals surface area (Å²) in [5.74, 6) is 2.03. The number of carbonyl (C=O) groups excluding carboxylic acids is 1. The van der Waals surface area contributed by atoms with Crippen molar-refractivity contribution in [2.45, 2.75) is 77.8 Å². The molecule has 0 spiro atoms. The summed E-state index contributed by atoms with van der Waals surface area (Å²) in [7, 11) is 0. The maximum absolute atomic E-state index is 13.0. The number of aliphatic hydroxyl groups is 1. The molecular weight excluding hydrogens is 288 g/mol. The van der Waals surface area contributed by atoms with Crippen LogP contribution in [0.15, 0.2) is 0 Å². The average molecular weight is 325 g/mol. The summed E-state index contributed by atoms with van der Waals surface area (Å²) in [6, 6.07) is 0.490. The van der Waals surface area contributed by atoms with Crippen molar-refractivity contribution in [3.05, 3.63) is 0 Å². The number of carbonyl (C=O) groups is 1. The molecule has 0 aromatic rings. The molecule has 3 atom stereocenters. The van der Waals surface area contributed by atoms with Gasteiger partial charge >= 0.3 is 0 Å². The molecule has 4 heteroatoms. The van der Waals surface area contributed by atoms with Gasteiger partial charge in [0.25, 0.3) is 0 Å². The van der Waals surface area contributed by atoms with Crippen molar-refractivity contribution in [1.82, 2.24) is 10.2 Å². The minimum Gasteiger partial charge on any atom is -0.396 e. The first-order chi connectivity index (χ1) is 11.0. The number of nitrogens with zero attached hydrogens (tertiary/aromatic N) is 1. The molecule has 4 nitrogen and oxygen atoms in total. The van der Waals surface area contributed by atoms with Crippen molar-refractivity contribution in [3.8, 4) is 0 Å². The number of nitrogens with one attached hydrogen (secondary N) is 1. The van der Waals surface area contributed by atoms with Crippen LogP contribution in [0.4, 0.5) is 0 Å². The fourth-order valence-corrected chi connectivity index (χ4v) is 4.15. The van der Waals surface area contributed by atoms with Gasteiger partial charge in [0.1, 0.15) is 0 Å². The highest BCUT2D eigenvalue weighted by atomic mass is 16.3. The molecule has 0 aromatic heterocycles. The van der Waals surface area contributed by atoms with Gasteiger partial charge in [-0.1, -0.05) is 27.2 Å². The smallest absolute Gasteiger partial charge is 0.239 e. The molecule has 1 heterocycles. The van der Waals surface area contributed by atoms with Crippen LogP contribution < -0.4 is 5.32 Å². The second-order valence-corrected chi connectivity index (χ2v) is 8.08. The molecule has 3 unspecified atom stereocenters. The van der Waals surface area contributed by atoms with Gasteiger partial charge in [0.05, 0.1) is 6.04 Å². The number of hydrogen-bond donors (Lipinski definition) is 2. The van der Waals surface area contributed by atoms with Crippen LogP contribution in [0, 0.1) is 17.8 Å². The van der Waals surface area contributed by atoms with Crippen LogP contribution in [0.5, 0.6) is 0 Å². The van der Waals surface area contributed by atoms with Crippen LogP contribution in [0.2, 0.25) is 0 Å². The molecule has 2 N–H and O–H groups in total. The van der Waals surface area contributed by atoms with Gasteiger partial charge in [-0.25, -0.2) is 0 Å². The summed E-state index contributed by atoms with van der Waals surface area (Å²) in [5.41, 5.74) is 0. The predicted octanol–water partition coefficient (Wildman–Crippen LogP) is 2.80. The van der Waals surface area contributed by atoms with Crippen molar-refractivity contribution in [2.24, 2.45) is 17.8 Å². The zero-order chi connectivity index (χ0) is 16.8. The third-order valence-electron chi connectivity index (χ3n) is 5.75. The first kappa shape index (κ1) is 18.7. The number of aliphatic hydroxyl groups excluding tert-OH is 1. The largest absolute Gasteiger partial charge is 0.396 e. The summed E-state index contributed by atoms with van der Waals surface area (Å²) in [6.07, 6.45) is 7.81. The van der Waals surface area contributed by atoms with Crippen molar-refractivity contribution < 1.29 is 9.90 Å². The fourth-order valence-electron chi connectivity index (χ4n) is 4.15. The number of hydrogen-bond acceptors (Lipinski definition) is 3. The highest BCUT2D eigenvalue weighted by Gasteiger charge is 2.32. The monoisotopic (exact) mass is 324 g/mol. The lowest BCUT2D eigenvalue weighted by Gasteiger charge is -2.35. The first-order valence-corrected chi connectivity index (χ1v) is 9.69. The average Bonchev–Trinajstić information content (AvgIpc) is 3.01. The van der Waals surface area contributed by atoms with E-state index in [2.05, 4.69) is 26.1 Å². The van der Waals surface area contributed by atoms with Gasteiger partial charge in [-0.3, -0.25) is 4.79 Å². The van der Waals surface area contributed by atoms with Crippen LogP contribution in [0.3, 0.4) is 0 Å². The van der Waals surface area contributed by atoms with Crippen LogP contribution in [0.1, 0.15) is 65.7 Å². The van der Waals surface area contributed by atoms with E-state index in [0.29, 0.717) is 17.9 Å². The maximum atomic E-state index is 13.0. The highest BCUT2D eigenvalue weighted by Crippen LogP contribution is 2.29. The number of piperidine rings is 1. The second-order valence-electron chi connectivity index (χ2n) is 8.08. The molecule has 0 aromatic carbocycles. The van der Waals surface area contributed by atoms with E-state index < -0.39 is 0 Å². The molecule has 23 heavy (non-hydrogen) atoms. The SMILES string of the molecule is CCC1CCC(NC(CC(C)C)C(=O)N2CCC(CO)CC2)C1. The summed E-state index contributed by atoms with van der Waals surface area (Å²) in [6.45, 7) is 8.55. The van der Waals surface area contributed by atoms with Gasteiger partial charge in [0.15, 0.2) is 0 Å². The third-order valence-corrected chi connectivity index (χ3v) is 5.75. The van der Waals surface area contributed by atoms with Gasteiger partial charge in [0, 0.05) is 25.7 Å². The molecule has 2 aliphatic rings. The maximum Gasteiger partial charge on any atom is 0.239 e. The standard InChI is InChI=1S/C19H36N2O2/c1-4-15-5-6-17(12-15)20-18(11-14(2)3)19(23)21-9-7-16(13-22)8-10-21/h14-18,20,22H,4-13H2,1-3H3. The summed E-state index contributed by atoms with van der Waals surface area (Å²) >= 11 is 0. The summed E-state index contributed by atoms with van der Waals surface area (Å²) in [4.78, 5) is 15.0. The second kappa shape index (κ2) is 9.03. The molecule has 1 aliphatic carbocycles. The molecule has 1 saturated carbocycles. The van der Waals surface area contributed by atoms with E-state index in [1.807, 2.05) is 4.90 Å². The Morgan fingerprint density at radius 2 is 1.87 bits per heavy atom. The van der Waals surface area contributed by atoms with E-state index in [4.69, 9.17) is 0 Å². The lowest BCUT2D eigenvalue weighted by atomic mass is 9.95. The number of likely N-dealkylation sites (tertiary alicyclic amines) is 1. The Kier molecular flexibility index (Phi) is 7.35. The molecule has 134 valence electrons. The first-order valence-electron chi connectivity index (χ1n) is 9.69. The molecule has 1 amide bonds. The van der Waals surface area contributed by atoms with E-state index in [-0.39, 0.29) is 18.6 Å². The van der Waals surface area contributed by atoms with Crippen LogP contribution in [-0.4, -0.2) is 47.7 Å². The Morgan fingerprint density at radius 3 is 2.39 bits per heavy atom. The van der Waals surface area contributed by atoms with E-state index in [9.17, 15) is 9.90 Å². The van der Waals surface area contributed by atoms with Gasteiger partial charge in [-0.05, 0) is 56.3 Å². The van der Waals surface area contributed by atoms with Crippen molar-refractivity contribution >= 4 is 5.91 Å². The lowest BCUT2D eigenvalue weighted by Crippen LogP contribution is -2.52. The fraction of sp³-hybridized carbons (Fsp3) is 0.947.